The molecule has 32 heavy (non-hydrogen) atoms. The number of furan rings is 1. The fourth-order valence-corrected chi connectivity index (χ4v) is 3.70. The quantitative estimate of drug-likeness (QED) is 0.592. The summed E-state index contributed by atoms with van der Waals surface area (Å²) in [4.78, 5) is 29.5. The van der Waals surface area contributed by atoms with Gasteiger partial charge in [0.2, 0.25) is 0 Å². The van der Waals surface area contributed by atoms with Crippen LogP contribution in [0.2, 0.25) is 0 Å². The van der Waals surface area contributed by atoms with Crippen molar-refractivity contribution in [2.45, 2.75) is 33.1 Å². The van der Waals surface area contributed by atoms with Crippen LogP contribution in [-0.2, 0) is 6.42 Å². The summed E-state index contributed by atoms with van der Waals surface area (Å²) >= 11 is 0. The maximum atomic E-state index is 12.9. The molecule has 0 spiro atoms. The number of amides is 2. The SMILES string of the molecule is COc1ccc(C(=O)N/N=C2\CCCc3oc(C(=O)Nc4ncccc4C)c(C)c32)cc1. The first kappa shape index (κ1) is 21.3. The Morgan fingerprint density at radius 2 is 1.88 bits per heavy atom. The van der Waals surface area contributed by atoms with Crippen molar-refractivity contribution in [3.05, 3.63) is 76.4 Å². The summed E-state index contributed by atoms with van der Waals surface area (Å²) in [5.41, 5.74) is 6.13. The fourth-order valence-electron chi connectivity index (χ4n) is 3.70. The summed E-state index contributed by atoms with van der Waals surface area (Å²) in [5, 5.41) is 7.17. The Bertz CT molecular complexity index is 1200. The molecule has 0 atom stereocenters. The minimum atomic E-state index is -0.361. The van der Waals surface area contributed by atoms with Gasteiger partial charge in [0.1, 0.15) is 17.3 Å². The van der Waals surface area contributed by atoms with Gasteiger partial charge in [-0.15, -0.1) is 0 Å². The average Bonchev–Trinajstić information content (AvgIpc) is 3.16. The number of methoxy groups -OCH3 is 1. The number of carbonyl (C=O) groups excluding carboxylic acids is 2. The van der Waals surface area contributed by atoms with Gasteiger partial charge in [-0.05, 0) is 62.6 Å². The van der Waals surface area contributed by atoms with Crippen LogP contribution >= 0.6 is 0 Å². The number of anilines is 1. The van der Waals surface area contributed by atoms with Crippen molar-refractivity contribution in [1.29, 1.82) is 0 Å². The molecule has 0 radical (unpaired) electrons. The third-order valence-corrected chi connectivity index (χ3v) is 5.42. The number of hydrazone groups is 1. The highest BCUT2D eigenvalue weighted by atomic mass is 16.5. The lowest BCUT2D eigenvalue weighted by atomic mass is 9.93. The van der Waals surface area contributed by atoms with Gasteiger partial charge in [0.25, 0.3) is 11.8 Å². The molecule has 3 aromatic rings. The molecule has 0 aliphatic heterocycles. The minimum Gasteiger partial charge on any atom is -0.497 e. The van der Waals surface area contributed by atoms with E-state index in [0.717, 1.165) is 17.5 Å². The average molecular weight is 432 g/mol. The Kier molecular flexibility index (Phi) is 6.02. The van der Waals surface area contributed by atoms with Crippen molar-refractivity contribution in [1.82, 2.24) is 10.4 Å². The molecule has 0 saturated carbocycles. The maximum Gasteiger partial charge on any atom is 0.292 e. The van der Waals surface area contributed by atoms with Crippen LogP contribution in [0.1, 0.15) is 56.2 Å². The van der Waals surface area contributed by atoms with Crippen LogP contribution in [0.4, 0.5) is 5.82 Å². The molecule has 2 N–H and O–H groups in total. The van der Waals surface area contributed by atoms with E-state index >= 15 is 0 Å². The first-order valence-electron chi connectivity index (χ1n) is 10.3. The van der Waals surface area contributed by atoms with E-state index < -0.39 is 0 Å². The molecule has 8 nitrogen and oxygen atoms in total. The number of benzene rings is 1. The summed E-state index contributed by atoms with van der Waals surface area (Å²) < 4.78 is 11.0. The third-order valence-electron chi connectivity index (χ3n) is 5.42. The summed E-state index contributed by atoms with van der Waals surface area (Å²) in [6, 6.07) is 10.5. The Hall–Kier alpha value is -3.94. The summed E-state index contributed by atoms with van der Waals surface area (Å²) in [6.45, 7) is 3.70. The van der Waals surface area contributed by atoms with Gasteiger partial charge in [-0.25, -0.2) is 10.4 Å². The van der Waals surface area contributed by atoms with E-state index in [2.05, 4.69) is 20.8 Å². The van der Waals surface area contributed by atoms with Gasteiger partial charge in [0.05, 0.1) is 12.8 Å². The summed E-state index contributed by atoms with van der Waals surface area (Å²) in [6.07, 6.45) is 3.82. The Labute approximate surface area is 185 Å². The highest BCUT2D eigenvalue weighted by molar-refractivity contribution is 6.09. The van der Waals surface area contributed by atoms with E-state index in [4.69, 9.17) is 9.15 Å². The molecule has 0 unspecified atom stereocenters. The second kappa shape index (κ2) is 9.05. The first-order chi connectivity index (χ1) is 15.5. The topological polar surface area (TPSA) is 106 Å². The monoisotopic (exact) mass is 432 g/mol. The standard InChI is InChI=1S/C24H24N4O4/c1-14-6-5-13-25-22(14)26-24(30)21-15(2)20-18(7-4-8-19(20)32-21)27-28-23(29)16-9-11-17(31-3)12-10-16/h5-6,9-13H,4,7-8H2,1-3H3,(H,28,29)(H,25,26,30)/b27-18+. The molecule has 2 aromatic heterocycles. The van der Waals surface area contributed by atoms with Crippen LogP contribution in [0, 0.1) is 13.8 Å². The van der Waals surface area contributed by atoms with Crippen LogP contribution in [0.5, 0.6) is 5.75 Å². The van der Waals surface area contributed by atoms with Gasteiger partial charge in [-0.2, -0.15) is 5.10 Å². The highest BCUT2D eigenvalue weighted by Gasteiger charge is 2.28. The van der Waals surface area contributed by atoms with Crippen LogP contribution < -0.4 is 15.5 Å². The van der Waals surface area contributed by atoms with E-state index in [0.29, 0.717) is 47.0 Å². The van der Waals surface area contributed by atoms with Crippen LogP contribution in [0.25, 0.3) is 0 Å². The molecule has 2 amide bonds. The number of fused-ring (bicyclic) bond motifs is 1. The molecular formula is C24H24N4O4. The number of ether oxygens (including phenoxy) is 1. The Morgan fingerprint density at radius 1 is 1.09 bits per heavy atom. The van der Waals surface area contributed by atoms with Crippen LogP contribution in [-0.4, -0.2) is 29.6 Å². The number of aryl methyl sites for hydroxylation is 2. The lowest BCUT2D eigenvalue weighted by Crippen LogP contribution is -2.22. The number of aromatic nitrogens is 1. The van der Waals surface area contributed by atoms with Gasteiger partial charge in [0.15, 0.2) is 5.76 Å². The van der Waals surface area contributed by atoms with Crippen molar-refractivity contribution in [3.63, 3.8) is 0 Å². The number of pyridine rings is 1. The zero-order valence-electron chi connectivity index (χ0n) is 18.2. The molecule has 1 aromatic carbocycles. The van der Waals surface area contributed by atoms with E-state index in [9.17, 15) is 9.59 Å². The normalized spacial score (nSPS) is 14.0. The summed E-state index contributed by atoms with van der Waals surface area (Å²) in [5.74, 6) is 1.42. The molecular weight excluding hydrogens is 408 g/mol. The van der Waals surface area contributed by atoms with E-state index in [1.807, 2.05) is 26.0 Å². The molecule has 0 saturated heterocycles. The van der Waals surface area contributed by atoms with Crippen molar-refractivity contribution >= 4 is 23.3 Å². The van der Waals surface area contributed by atoms with Gasteiger partial charge >= 0.3 is 0 Å². The molecule has 0 bridgehead atoms. The van der Waals surface area contributed by atoms with Crippen molar-refractivity contribution in [2.24, 2.45) is 5.10 Å². The minimum absolute atomic E-state index is 0.233. The highest BCUT2D eigenvalue weighted by Crippen LogP contribution is 2.30. The maximum absolute atomic E-state index is 12.9. The zero-order chi connectivity index (χ0) is 22.7. The van der Waals surface area contributed by atoms with Gasteiger partial charge in [-0.1, -0.05) is 6.07 Å². The predicted octanol–water partition coefficient (Wildman–Crippen LogP) is 4.02. The lowest BCUT2D eigenvalue weighted by Gasteiger charge is -2.13. The lowest BCUT2D eigenvalue weighted by molar-refractivity contribution is 0.0953. The zero-order valence-corrected chi connectivity index (χ0v) is 18.2. The van der Waals surface area contributed by atoms with Crippen molar-refractivity contribution in [3.8, 4) is 5.75 Å². The molecule has 1 aliphatic carbocycles. The number of nitrogens with zero attached hydrogens (tertiary/aromatic N) is 2. The molecule has 1 aliphatic rings. The molecule has 0 fully saturated rings. The largest absolute Gasteiger partial charge is 0.497 e. The van der Waals surface area contributed by atoms with Crippen molar-refractivity contribution in [2.75, 3.05) is 12.4 Å². The predicted molar refractivity (Wildman–Crippen MR) is 120 cm³/mol. The van der Waals surface area contributed by atoms with Gasteiger partial charge in [0, 0.05) is 29.3 Å². The number of hydrogen-bond donors (Lipinski definition) is 2. The number of carbonyl (C=O) groups is 2. The van der Waals surface area contributed by atoms with E-state index in [1.54, 1.807) is 37.6 Å². The number of rotatable bonds is 5. The summed E-state index contributed by atoms with van der Waals surface area (Å²) in [7, 11) is 1.57. The molecule has 4 rings (SSSR count). The van der Waals surface area contributed by atoms with E-state index in [-0.39, 0.29) is 17.6 Å². The van der Waals surface area contributed by atoms with Crippen LogP contribution in [0.3, 0.4) is 0 Å². The van der Waals surface area contributed by atoms with Gasteiger partial charge in [-0.3, -0.25) is 9.59 Å². The second-order valence-electron chi connectivity index (χ2n) is 7.56. The number of hydrogen-bond acceptors (Lipinski definition) is 6. The molecule has 8 heteroatoms. The Balaban J connectivity index is 1.55. The fraction of sp³-hybridized carbons (Fsp3) is 0.250. The van der Waals surface area contributed by atoms with Crippen LogP contribution in [0.15, 0.2) is 52.1 Å². The molecule has 2 heterocycles. The third kappa shape index (κ3) is 4.25. The number of nitrogens with one attached hydrogen (secondary N) is 2. The second-order valence-corrected chi connectivity index (χ2v) is 7.56. The smallest absolute Gasteiger partial charge is 0.292 e. The van der Waals surface area contributed by atoms with Gasteiger partial charge < -0.3 is 14.5 Å². The van der Waals surface area contributed by atoms with E-state index in [1.165, 1.54) is 0 Å². The van der Waals surface area contributed by atoms with Crippen molar-refractivity contribution < 1.29 is 18.7 Å². The first-order valence-corrected chi connectivity index (χ1v) is 10.3. The molecule has 164 valence electrons. The Morgan fingerprint density at radius 3 is 2.59 bits per heavy atom.